The number of aliphatic hydroxyl groups excluding tert-OH is 1. The highest BCUT2D eigenvalue weighted by molar-refractivity contribution is 6.31. The molecule has 0 radical (unpaired) electrons. The molecule has 2 rings (SSSR count). The highest BCUT2D eigenvalue weighted by Crippen LogP contribution is 2.43. The van der Waals surface area contributed by atoms with Crippen LogP contribution in [-0.2, 0) is 0 Å². The Balaban J connectivity index is 2.37. The third kappa shape index (κ3) is 0.897. The Morgan fingerprint density at radius 2 is 2.09 bits per heavy atom. The molecule has 2 aliphatic rings. The third-order valence-corrected chi connectivity index (χ3v) is 2.25. The Morgan fingerprint density at radius 1 is 1.36 bits per heavy atom. The van der Waals surface area contributed by atoms with Gasteiger partial charge in [-0.1, -0.05) is 17.7 Å². The van der Waals surface area contributed by atoms with E-state index in [2.05, 4.69) is 0 Å². The van der Waals surface area contributed by atoms with Gasteiger partial charge in [-0.05, 0) is 12.2 Å². The van der Waals surface area contributed by atoms with Gasteiger partial charge < -0.3 is 5.11 Å². The second kappa shape index (κ2) is 2.11. The van der Waals surface area contributed by atoms with Gasteiger partial charge in [0.2, 0.25) is 0 Å². The average molecular weight is 173 g/mol. The van der Waals surface area contributed by atoms with Gasteiger partial charge in [0.1, 0.15) is 11.6 Å². The van der Waals surface area contributed by atoms with Gasteiger partial charge >= 0.3 is 0 Å². The fourth-order valence-corrected chi connectivity index (χ4v) is 1.60. The van der Waals surface area contributed by atoms with Crippen LogP contribution in [0.4, 0.5) is 4.39 Å². The van der Waals surface area contributed by atoms with Crippen LogP contribution < -0.4 is 0 Å². The Morgan fingerprint density at radius 3 is 2.73 bits per heavy atom. The molecule has 0 bridgehead atoms. The van der Waals surface area contributed by atoms with Crippen LogP contribution in [-0.4, -0.2) is 5.11 Å². The van der Waals surface area contributed by atoms with Crippen LogP contribution in [0.3, 0.4) is 0 Å². The van der Waals surface area contributed by atoms with E-state index in [0.717, 1.165) is 0 Å². The SMILES string of the molecule is OC1=CC(Cl)=C[C@@H]2C(F)=CC12. The fraction of sp³-hybridized carbons (Fsp3) is 0.250. The molecule has 0 saturated carbocycles. The van der Waals surface area contributed by atoms with Crippen molar-refractivity contribution in [2.75, 3.05) is 0 Å². The Bertz CT molecular complexity index is 290. The van der Waals surface area contributed by atoms with Crippen molar-refractivity contribution in [3.8, 4) is 0 Å². The molecule has 0 amide bonds. The predicted molar refractivity (Wildman–Crippen MR) is 40.8 cm³/mol. The van der Waals surface area contributed by atoms with E-state index >= 15 is 0 Å². The normalized spacial score (nSPS) is 34.5. The van der Waals surface area contributed by atoms with E-state index in [1.807, 2.05) is 0 Å². The minimum absolute atomic E-state index is 0.156. The van der Waals surface area contributed by atoms with Crippen molar-refractivity contribution in [2.24, 2.45) is 11.8 Å². The summed E-state index contributed by atoms with van der Waals surface area (Å²) in [4.78, 5) is 0. The summed E-state index contributed by atoms with van der Waals surface area (Å²) in [5, 5.41) is 9.62. The number of aliphatic hydroxyl groups is 1. The first-order chi connectivity index (χ1) is 5.18. The van der Waals surface area contributed by atoms with Gasteiger partial charge in [-0.25, -0.2) is 4.39 Å². The van der Waals surface area contributed by atoms with Gasteiger partial charge in [-0.15, -0.1) is 0 Å². The molecule has 2 aliphatic carbocycles. The average Bonchev–Trinajstić information content (AvgIpc) is 1.93. The summed E-state index contributed by atoms with van der Waals surface area (Å²) < 4.78 is 12.6. The number of halogens is 2. The highest BCUT2D eigenvalue weighted by atomic mass is 35.5. The van der Waals surface area contributed by atoms with Crippen molar-refractivity contribution in [1.29, 1.82) is 0 Å². The van der Waals surface area contributed by atoms with Gasteiger partial charge in [0, 0.05) is 16.9 Å². The van der Waals surface area contributed by atoms with Crippen molar-refractivity contribution < 1.29 is 9.50 Å². The zero-order valence-electron chi connectivity index (χ0n) is 5.59. The molecule has 1 nitrogen and oxygen atoms in total. The lowest BCUT2D eigenvalue weighted by molar-refractivity contribution is 0.282. The largest absolute Gasteiger partial charge is 0.512 e. The lowest BCUT2D eigenvalue weighted by Crippen LogP contribution is -2.25. The maximum atomic E-state index is 12.6. The molecule has 0 aromatic carbocycles. The van der Waals surface area contributed by atoms with Crippen LogP contribution in [0.2, 0.25) is 0 Å². The first-order valence-electron chi connectivity index (χ1n) is 3.33. The number of fused-ring (bicyclic) bond motifs is 1. The van der Waals surface area contributed by atoms with E-state index in [-0.39, 0.29) is 23.4 Å². The van der Waals surface area contributed by atoms with E-state index in [1.54, 1.807) is 6.08 Å². The first kappa shape index (κ1) is 6.92. The van der Waals surface area contributed by atoms with Gasteiger partial charge in [-0.2, -0.15) is 0 Å². The smallest absolute Gasteiger partial charge is 0.105 e. The fourth-order valence-electron chi connectivity index (χ4n) is 1.35. The van der Waals surface area contributed by atoms with E-state index in [4.69, 9.17) is 11.6 Å². The summed E-state index contributed by atoms with van der Waals surface area (Å²) in [6.45, 7) is 0. The predicted octanol–water partition coefficient (Wildman–Crippen LogP) is 2.66. The summed E-state index contributed by atoms with van der Waals surface area (Å²) in [5.41, 5.74) is 0. The molecule has 0 aromatic heterocycles. The van der Waals surface area contributed by atoms with E-state index < -0.39 is 0 Å². The van der Waals surface area contributed by atoms with E-state index in [9.17, 15) is 9.50 Å². The second-order valence-electron chi connectivity index (χ2n) is 2.72. The van der Waals surface area contributed by atoms with E-state index in [1.165, 1.54) is 12.2 Å². The maximum Gasteiger partial charge on any atom is 0.105 e. The van der Waals surface area contributed by atoms with Crippen LogP contribution in [0, 0.1) is 11.8 Å². The second-order valence-corrected chi connectivity index (χ2v) is 3.16. The minimum Gasteiger partial charge on any atom is -0.512 e. The Kier molecular flexibility index (Phi) is 1.33. The summed E-state index contributed by atoms with van der Waals surface area (Å²) in [6, 6.07) is 0. The number of hydrogen-bond acceptors (Lipinski definition) is 1. The third-order valence-electron chi connectivity index (χ3n) is 2.01. The molecule has 3 heteroatoms. The molecule has 0 saturated heterocycles. The Labute approximate surface area is 68.5 Å². The van der Waals surface area contributed by atoms with Gasteiger partial charge in [0.15, 0.2) is 0 Å². The first-order valence-corrected chi connectivity index (χ1v) is 3.71. The van der Waals surface area contributed by atoms with Crippen LogP contribution >= 0.6 is 11.6 Å². The molecule has 0 spiro atoms. The van der Waals surface area contributed by atoms with Crippen LogP contribution in [0.5, 0.6) is 0 Å². The summed E-state index contributed by atoms with van der Waals surface area (Å²) >= 11 is 5.60. The van der Waals surface area contributed by atoms with Gasteiger partial charge in [0.05, 0.1) is 0 Å². The molecule has 0 aromatic rings. The molecule has 11 heavy (non-hydrogen) atoms. The van der Waals surface area contributed by atoms with Crippen molar-refractivity contribution in [3.63, 3.8) is 0 Å². The van der Waals surface area contributed by atoms with Gasteiger partial charge in [0.25, 0.3) is 0 Å². The maximum absolute atomic E-state index is 12.6. The lowest BCUT2D eigenvalue weighted by atomic mass is 9.77. The van der Waals surface area contributed by atoms with Gasteiger partial charge in [-0.3, -0.25) is 0 Å². The molecule has 0 aliphatic heterocycles. The Hall–Kier alpha value is -0.760. The molecular formula is C8H6ClFO. The molecule has 2 atom stereocenters. The summed E-state index contributed by atoms with van der Waals surface area (Å²) in [6.07, 6.45) is 4.46. The molecule has 0 heterocycles. The monoisotopic (exact) mass is 172 g/mol. The molecule has 1 N–H and O–H groups in total. The summed E-state index contributed by atoms with van der Waals surface area (Å²) in [7, 11) is 0. The molecule has 58 valence electrons. The van der Waals surface area contributed by atoms with Crippen LogP contribution in [0.1, 0.15) is 0 Å². The summed E-state index contributed by atoms with van der Waals surface area (Å²) in [5.74, 6) is -0.526. The number of rotatable bonds is 0. The minimum atomic E-state index is -0.313. The zero-order valence-corrected chi connectivity index (χ0v) is 6.35. The quantitative estimate of drug-likeness (QED) is 0.596. The zero-order chi connectivity index (χ0) is 8.01. The number of allylic oxidation sites excluding steroid dienone is 5. The standard InChI is InChI=1S/C8H6ClFO/c9-4-1-5-6(3-7(5)10)8(11)2-4/h1-3,5-6,11H/t5-,6?/m0/s1. The van der Waals surface area contributed by atoms with Crippen molar-refractivity contribution in [1.82, 2.24) is 0 Å². The van der Waals surface area contributed by atoms with Crippen LogP contribution in [0.25, 0.3) is 0 Å². The lowest BCUT2D eigenvalue weighted by Gasteiger charge is -2.31. The van der Waals surface area contributed by atoms with E-state index in [0.29, 0.717) is 5.03 Å². The molecule has 0 fully saturated rings. The molecule has 1 unspecified atom stereocenters. The highest BCUT2D eigenvalue weighted by Gasteiger charge is 2.36. The van der Waals surface area contributed by atoms with Crippen molar-refractivity contribution >= 4 is 11.6 Å². The number of hydrogen-bond donors (Lipinski definition) is 1. The van der Waals surface area contributed by atoms with Crippen molar-refractivity contribution in [3.05, 3.63) is 34.8 Å². The van der Waals surface area contributed by atoms with Crippen LogP contribution in [0.15, 0.2) is 34.8 Å². The molecular weight excluding hydrogens is 167 g/mol. The topological polar surface area (TPSA) is 20.2 Å². The van der Waals surface area contributed by atoms with Crippen molar-refractivity contribution in [2.45, 2.75) is 0 Å².